The molecule has 0 spiro atoms. The highest BCUT2D eigenvalue weighted by molar-refractivity contribution is 7.70. The van der Waals surface area contributed by atoms with E-state index in [4.69, 9.17) is 9.26 Å². The van der Waals surface area contributed by atoms with Crippen molar-refractivity contribution in [3.63, 3.8) is 0 Å². The molecule has 1 fully saturated rings. The molecule has 0 aromatic heterocycles. The lowest BCUT2D eigenvalue weighted by molar-refractivity contribution is 0.155. The topological polar surface area (TPSA) is 52.6 Å². The molecule has 1 atom stereocenters. The number of carbonyl (C=O) groups excluding carboxylic acids is 1. The van der Waals surface area contributed by atoms with Gasteiger partial charge in [0, 0.05) is 12.4 Å². The van der Waals surface area contributed by atoms with Crippen molar-refractivity contribution >= 4 is 18.6 Å². The summed E-state index contributed by atoms with van der Waals surface area (Å²) in [6.45, 7) is 0. The second kappa shape index (κ2) is 6.90. The Morgan fingerprint density at radius 2 is 2.05 bits per heavy atom. The van der Waals surface area contributed by atoms with Crippen molar-refractivity contribution in [2.24, 2.45) is 0 Å². The van der Waals surface area contributed by atoms with Gasteiger partial charge in [-0.25, -0.2) is 4.79 Å². The molecule has 4 nitrogen and oxygen atoms in total. The summed E-state index contributed by atoms with van der Waals surface area (Å²) in [6, 6.07) is 6.96. The molecule has 0 bridgehead atoms. The van der Waals surface area contributed by atoms with Gasteiger partial charge in [0.15, 0.2) is 0 Å². The van der Waals surface area contributed by atoms with Crippen LogP contribution in [0.5, 0.6) is 5.75 Å². The zero-order valence-corrected chi connectivity index (χ0v) is 12.5. The standard InChI is InChI=1S/C15H19O4P/c1-18-20(17,11-10-16)15-9-5-8-14(12-15)19-13-6-3-2-4-7-13/h5,8-9,11-13H,2-4,6-7H2,1H3. The highest BCUT2D eigenvalue weighted by atomic mass is 31.2. The second-order valence-corrected chi connectivity index (χ2v) is 7.24. The summed E-state index contributed by atoms with van der Waals surface area (Å²) >= 11 is 0. The fourth-order valence-electron chi connectivity index (χ4n) is 2.43. The first-order valence-corrected chi connectivity index (χ1v) is 8.52. The third kappa shape index (κ3) is 3.61. The fourth-order valence-corrected chi connectivity index (χ4v) is 3.63. The molecule has 1 aromatic rings. The van der Waals surface area contributed by atoms with E-state index in [2.05, 4.69) is 0 Å². The van der Waals surface area contributed by atoms with E-state index in [0.29, 0.717) is 11.1 Å². The van der Waals surface area contributed by atoms with Crippen LogP contribution in [0, 0.1) is 0 Å². The summed E-state index contributed by atoms with van der Waals surface area (Å²) in [5, 5.41) is 0.455. The van der Waals surface area contributed by atoms with E-state index in [9.17, 15) is 9.36 Å². The van der Waals surface area contributed by atoms with Crippen LogP contribution in [0.4, 0.5) is 0 Å². The Kier molecular flexibility index (Phi) is 5.19. The van der Waals surface area contributed by atoms with E-state index in [1.54, 1.807) is 24.1 Å². The van der Waals surface area contributed by atoms with E-state index in [0.717, 1.165) is 18.7 Å². The van der Waals surface area contributed by atoms with Gasteiger partial charge in [-0.1, -0.05) is 12.5 Å². The lowest BCUT2D eigenvalue weighted by Gasteiger charge is -2.23. The van der Waals surface area contributed by atoms with Crippen LogP contribution in [0.3, 0.4) is 0 Å². The van der Waals surface area contributed by atoms with Crippen molar-refractivity contribution in [1.29, 1.82) is 0 Å². The van der Waals surface area contributed by atoms with Crippen LogP contribution in [0.25, 0.3) is 0 Å². The summed E-state index contributed by atoms with van der Waals surface area (Å²) < 4.78 is 23.3. The summed E-state index contributed by atoms with van der Waals surface area (Å²) in [6.07, 6.45) is 5.98. The first-order chi connectivity index (χ1) is 9.68. The van der Waals surface area contributed by atoms with Crippen LogP contribution in [-0.2, 0) is 13.9 Å². The Labute approximate surface area is 119 Å². The molecular formula is C15H19O4P. The van der Waals surface area contributed by atoms with Crippen LogP contribution >= 0.6 is 7.37 Å². The molecule has 1 unspecified atom stereocenters. The molecule has 1 saturated carbocycles. The lowest BCUT2D eigenvalue weighted by atomic mass is 9.98. The minimum absolute atomic E-state index is 0.225. The van der Waals surface area contributed by atoms with Crippen LogP contribution in [0.2, 0.25) is 0 Å². The average Bonchev–Trinajstić information content (AvgIpc) is 2.49. The van der Waals surface area contributed by atoms with Gasteiger partial charge < -0.3 is 9.26 Å². The van der Waals surface area contributed by atoms with Crippen molar-refractivity contribution in [3.8, 4) is 5.75 Å². The number of ether oxygens (including phenoxy) is 1. The molecule has 1 aliphatic carbocycles. The maximum absolute atomic E-state index is 12.4. The second-order valence-electron chi connectivity index (χ2n) is 4.90. The molecule has 0 N–H and O–H groups in total. The number of hydrogen-bond acceptors (Lipinski definition) is 4. The Morgan fingerprint density at radius 3 is 2.70 bits per heavy atom. The van der Waals surface area contributed by atoms with E-state index < -0.39 is 7.37 Å². The van der Waals surface area contributed by atoms with Gasteiger partial charge in [-0.2, -0.15) is 0 Å². The lowest BCUT2D eigenvalue weighted by Crippen LogP contribution is -2.20. The number of rotatable bonds is 5. The molecule has 0 saturated heterocycles. The molecular weight excluding hydrogens is 275 g/mol. The predicted molar refractivity (Wildman–Crippen MR) is 78.5 cm³/mol. The Balaban J connectivity index is 2.18. The summed E-state index contributed by atoms with van der Waals surface area (Å²) in [4.78, 5) is 10.5. The van der Waals surface area contributed by atoms with Crippen LogP contribution in [-0.4, -0.2) is 19.2 Å². The minimum atomic E-state index is -3.26. The van der Waals surface area contributed by atoms with Crippen LogP contribution in [0.15, 0.2) is 30.1 Å². The molecule has 5 heteroatoms. The fraction of sp³-hybridized carbons (Fsp3) is 0.467. The Hall–Kier alpha value is -1.34. The van der Waals surface area contributed by atoms with Crippen molar-refractivity contribution in [3.05, 3.63) is 30.1 Å². The van der Waals surface area contributed by atoms with Gasteiger partial charge >= 0.3 is 0 Å². The molecule has 1 aromatic carbocycles. The maximum Gasteiger partial charge on any atom is 0.264 e. The smallest absolute Gasteiger partial charge is 0.264 e. The highest BCUT2D eigenvalue weighted by Crippen LogP contribution is 2.46. The maximum atomic E-state index is 12.4. The quantitative estimate of drug-likeness (QED) is 0.617. The first-order valence-electron chi connectivity index (χ1n) is 6.83. The van der Waals surface area contributed by atoms with Gasteiger partial charge in [0.05, 0.1) is 11.9 Å². The molecule has 20 heavy (non-hydrogen) atoms. The number of benzene rings is 1. The summed E-state index contributed by atoms with van der Waals surface area (Å²) in [7, 11) is -1.94. The Bertz CT molecular complexity index is 543. The van der Waals surface area contributed by atoms with E-state index >= 15 is 0 Å². The Morgan fingerprint density at radius 1 is 1.30 bits per heavy atom. The number of hydrogen-bond donors (Lipinski definition) is 0. The van der Waals surface area contributed by atoms with Crippen molar-refractivity contribution in [2.45, 2.75) is 38.2 Å². The third-order valence-electron chi connectivity index (χ3n) is 3.53. The van der Waals surface area contributed by atoms with Gasteiger partial charge in [-0.15, -0.1) is 0 Å². The average molecular weight is 294 g/mol. The summed E-state index contributed by atoms with van der Waals surface area (Å²) in [5.74, 6) is 3.18. The monoisotopic (exact) mass is 294 g/mol. The third-order valence-corrected chi connectivity index (χ3v) is 5.51. The highest BCUT2D eigenvalue weighted by Gasteiger charge is 2.23. The van der Waals surface area contributed by atoms with Crippen molar-refractivity contribution < 1.29 is 18.6 Å². The normalized spacial score (nSPS) is 18.9. The van der Waals surface area contributed by atoms with Gasteiger partial charge in [0.1, 0.15) is 11.7 Å². The molecule has 0 radical (unpaired) electrons. The van der Waals surface area contributed by atoms with Crippen LogP contribution in [0.1, 0.15) is 32.1 Å². The largest absolute Gasteiger partial charge is 0.490 e. The van der Waals surface area contributed by atoms with E-state index in [1.807, 2.05) is 6.07 Å². The molecule has 0 aliphatic heterocycles. The van der Waals surface area contributed by atoms with Gasteiger partial charge in [0.25, 0.3) is 7.37 Å². The van der Waals surface area contributed by atoms with E-state index in [-0.39, 0.29) is 6.10 Å². The zero-order valence-electron chi connectivity index (χ0n) is 11.6. The minimum Gasteiger partial charge on any atom is -0.490 e. The molecule has 108 valence electrons. The summed E-state index contributed by atoms with van der Waals surface area (Å²) in [5.41, 5.74) is 0. The van der Waals surface area contributed by atoms with Gasteiger partial charge in [-0.05, 0) is 43.9 Å². The zero-order chi connectivity index (χ0) is 14.4. The molecule has 1 aliphatic rings. The first kappa shape index (κ1) is 15.1. The van der Waals surface area contributed by atoms with E-state index in [1.165, 1.54) is 26.4 Å². The van der Waals surface area contributed by atoms with Crippen LogP contribution < -0.4 is 10.0 Å². The van der Waals surface area contributed by atoms with Crippen molar-refractivity contribution in [2.75, 3.05) is 7.11 Å². The molecule has 0 amide bonds. The molecule has 0 heterocycles. The van der Waals surface area contributed by atoms with Crippen molar-refractivity contribution in [1.82, 2.24) is 0 Å². The SMILES string of the molecule is COP(=O)(C=C=O)c1cccc(OC2CCCCC2)c1. The van der Waals surface area contributed by atoms with Gasteiger partial charge in [0.2, 0.25) is 0 Å². The van der Waals surface area contributed by atoms with Gasteiger partial charge in [-0.3, -0.25) is 4.57 Å². The predicted octanol–water partition coefficient (Wildman–Crippen LogP) is 3.29. The molecule has 2 rings (SSSR count).